The highest BCUT2D eigenvalue weighted by Crippen LogP contribution is 2.26. The van der Waals surface area contributed by atoms with Crippen LogP contribution in [0.4, 0.5) is 17.2 Å². The normalized spacial score (nSPS) is 10.8. The lowest BCUT2D eigenvalue weighted by Crippen LogP contribution is -2.25. The van der Waals surface area contributed by atoms with Gasteiger partial charge in [-0.15, -0.1) is 0 Å². The zero-order valence-corrected chi connectivity index (χ0v) is 22.6. The molecular weight excluding hydrogens is 526 g/mol. The standard InChI is InChI=1S/C29H27N7O5/c1-19-4-9-22(36(38)39)14-25(19)33-29(37)26-15-30-28-27(31-18-32-35(26)28)34(16-20-5-10-23(40-2)11-6-20)17-21-7-12-24(41-3)13-8-21/h4-15,18H,16-17H2,1-3H3,(H,33,37). The molecule has 5 aromatic rings. The number of carbonyl (C=O) groups is 1. The zero-order valence-electron chi connectivity index (χ0n) is 22.6. The molecule has 0 saturated carbocycles. The lowest BCUT2D eigenvalue weighted by molar-refractivity contribution is -0.384. The molecule has 12 heteroatoms. The quantitative estimate of drug-likeness (QED) is 0.191. The minimum atomic E-state index is -0.511. The molecule has 0 radical (unpaired) electrons. The van der Waals surface area contributed by atoms with Crippen LogP contribution in [0.25, 0.3) is 5.65 Å². The third-order valence-electron chi connectivity index (χ3n) is 6.56. The first kappa shape index (κ1) is 27.1. The number of nitrogens with zero attached hydrogens (tertiary/aromatic N) is 6. The van der Waals surface area contributed by atoms with Crippen molar-refractivity contribution < 1.29 is 19.2 Å². The Balaban J connectivity index is 1.49. The first-order valence-corrected chi connectivity index (χ1v) is 12.6. The van der Waals surface area contributed by atoms with Crippen LogP contribution in [0.1, 0.15) is 27.2 Å². The summed E-state index contributed by atoms with van der Waals surface area (Å²) in [5, 5.41) is 18.3. The molecule has 0 saturated heterocycles. The van der Waals surface area contributed by atoms with E-state index in [9.17, 15) is 14.9 Å². The van der Waals surface area contributed by atoms with Crippen LogP contribution >= 0.6 is 0 Å². The fraction of sp³-hybridized carbons (Fsp3) is 0.172. The summed E-state index contributed by atoms with van der Waals surface area (Å²) in [6, 6.07) is 19.8. The van der Waals surface area contributed by atoms with E-state index in [1.807, 2.05) is 53.4 Å². The van der Waals surface area contributed by atoms with Gasteiger partial charge in [0, 0.05) is 25.2 Å². The van der Waals surface area contributed by atoms with Gasteiger partial charge in [0.25, 0.3) is 11.6 Å². The SMILES string of the molecule is COc1ccc(CN(Cc2ccc(OC)cc2)c2ncnn3c(C(=O)Nc4cc([N+](=O)[O-])ccc4C)cnc23)cc1. The molecule has 0 bridgehead atoms. The first-order valence-electron chi connectivity index (χ1n) is 12.6. The number of nitro groups is 1. The van der Waals surface area contributed by atoms with Gasteiger partial charge in [0.15, 0.2) is 17.2 Å². The third-order valence-corrected chi connectivity index (χ3v) is 6.56. The second-order valence-electron chi connectivity index (χ2n) is 9.23. The van der Waals surface area contributed by atoms with Crippen molar-refractivity contribution in [1.82, 2.24) is 19.6 Å². The van der Waals surface area contributed by atoms with Crippen molar-refractivity contribution in [2.75, 3.05) is 24.4 Å². The van der Waals surface area contributed by atoms with E-state index >= 15 is 0 Å². The van der Waals surface area contributed by atoms with E-state index in [1.54, 1.807) is 27.2 Å². The van der Waals surface area contributed by atoms with Crippen LogP contribution in [0.3, 0.4) is 0 Å². The molecule has 0 fully saturated rings. The highest BCUT2D eigenvalue weighted by molar-refractivity contribution is 6.04. The Morgan fingerprint density at radius 2 is 1.56 bits per heavy atom. The van der Waals surface area contributed by atoms with Crippen molar-refractivity contribution in [2.24, 2.45) is 0 Å². The predicted octanol–water partition coefficient (Wildman–Crippen LogP) is 4.82. The summed E-state index contributed by atoms with van der Waals surface area (Å²) in [7, 11) is 3.24. The van der Waals surface area contributed by atoms with Gasteiger partial charge in [0.05, 0.1) is 31.0 Å². The molecule has 0 aliphatic rings. The Bertz CT molecular complexity index is 1650. The van der Waals surface area contributed by atoms with Gasteiger partial charge in [0.1, 0.15) is 17.8 Å². The number of carbonyl (C=O) groups excluding carboxylic acids is 1. The molecule has 0 atom stereocenters. The number of anilines is 2. The van der Waals surface area contributed by atoms with E-state index in [4.69, 9.17) is 9.47 Å². The monoisotopic (exact) mass is 553 g/mol. The second-order valence-corrected chi connectivity index (χ2v) is 9.23. The molecule has 5 rings (SSSR count). The van der Waals surface area contributed by atoms with Crippen molar-refractivity contribution in [3.05, 3.63) is 112 Å². The highest BCUT2D eigenvalue weighted by atomic mass is 16.6. The maximum atomic E-state index is 13.3. The number of aromatic nitrogens is 4. The lowest BCUT2D eigenvalue weighted by atomic mass is 10.1. The van der Waals surface area contributed by atoms with Crippen LogP contribution < -0.4 is 19.7 Å². The van der Waals surface area contributed by atoms with E-state index in [0.717, 1.165) is 22.6 Å². The minimum Gasteiger partial charge on any atom is -0.497 e. The molecule has 2 aromatic heterocycles. The summed E-state index contributed by atoms with van der Waals surface area (Å²) in [4.78, 5) is 35.1. The van der Waals surface area contributed by atoms with Crippen molar-refractivity contribution in [1.29, 1.82) is 0 Å². The van der Waals surface area contributed by atoms with Crippen molar-refractivity contribution >= 4 is 28.7 Å². The van der Waals surface area contributed by atoms with E-state index in [1.165, 1.54) is 29.2 Å². The minimum absolute atomic E-state index is 0.124. The summed E-state index contributed by atoms with van der Waals surface area (Å²) in [6.45, 7) is 2.73. The van der Waals surface area contributed by atoms with Crippen LogP contribution in [-0.2, 0) is 13.1 Å². The van der Waals surface area contributed by atoms with Crippen molar-refractivity contribution in [2.45, 2.75) is 20.0 Å². The number of non-ortho nitro benzene ring substituents is 1. The van der Waals surface area contributed by atoms with Gasteiger partial charge in [-0.3, -0.25) is 14.9 Å². The number of methoxy groups -OCH3 is 2. The van der Waals surface area contributed by atoms with Gasteiger partial charge < -0.3 is 19.7 Å². The fourth-order valence-corrected chi connectivity index (χ4v) is 4.34. The molecule has 2 heterocycles. The number of benzene rings is 3. The van der Waals surface area contributed by atoms with E-state index in [0.29, 0.717) is 35.8 Å². The summed E-state index contributed by atoms with van der Waals surface area (Å²) >= 11 is 0. The fourth-order valence-electron chi connectivity index (χ4n) is 4.34. The number of nitro benzene ring substituents is 1. The summed E-state index contributed by atoms with van der Waals surface area (Å²) in [6.07, 6.45) is 2.78. The van der Waals surface area contributed by atoms with Gasteiger partial charge >= 0.3 is 0 Å². The van der Waals surface area contributed by atoms with Gasteiger partial charge in [-0.2, -0.15) is 5.10 Å². The maximum Gasteiger partial charge on any atom is 0.276 e. The Morgan fingerprint density at radius 3 is 2.12 bits per heavy atom. The molecule has 208 valence electrons. The molecule has 1 N–H and O–H groups in total. The topological polar surface area (TPSA) is 137 Å². The number of hydrogen-bond acceptors (Lipinski definition) is 9. The summed E-state index contributed by atoms with van der Waals surface area (Å²) in [5.74, 6) is 1.52. The molecule has 0 aliphatic heterocycles. The molecule has 0 unspecified atom stereocenters. The van der Waals surface area contributed by atoms with Gasteiger partial charge in [-0.1, -0.05) is 30.3 Å². The molecule has 0 spiro atoms. The Hall–Kier alpha value is -5.52. The van der Waals surface area contributed by atoms with Gasteiger partial charge in [0.2, 0.25) is 0 Å². The number of aryl methyl sites for hydroxylation is 1. The van der Waals surface area contributed by atoms with E-state index in [-0.39, 0.29) is 11.4 Å². The molecule has 0 aliphatic carbocycles. The van der Waals surface area contributed by atoms with Crippen molar-refractivity contribution in [3.63, 3.8) is 0 Å². The number of amides is 1. The highest BCUT2D eigenvalue weighted by Gasteiger charge is 2.21. The Labute approximate surface area is 235 Å². The number of imidazole rings is 1. The summed E-state index contributed by atoms with van der Waals surface area (Å²) < 4.78 is 12.0. The smallest absolute Gasteiger partial charge is 0.276 e. The van der Waals surface area contributed by atoms with Gasteiger partial charge in [-0.05, 0) is 47.9 Å². The maximum absolute atomic E-state index is 13.3. The summed E-state index contributed by atoms with van der Waals surface area (Å²) in [5.41, 5.74) is 3.45. The molecular formula is C29H27N7O5. The first-order chi connectivity index (χ1) is 19.9. The molecule has 3 aromatic carbocycles. The average molecular weight is 554 g/mol. The van der Waals surface area contributed by atoms with Crippen LogP contribution in [-0.4, -0.2) is 44.6 Å². The number of nitrogens with one attached hydrogen (secondary N) is 1. The lowest BCUT2D eigenvalue weighted by Gasteiger charge is -2.24. The number of hydrogen-bond donors (Lipinski definition) is 1. The molecule has 41 heavy (non-hydrogen) atoms. The number of rotatable bonds is 10. The second kappa shape index (κ2) is 11.7. The van der Waals surface area contributed by atoms with E-state index < -0.39 is 10.8 Å². The predicted molar refractivity (Wildman–Crippen MR) is 152 cm³/mol. The molecule has 1 amide bonds. The van der Waals surface area contributed by atoms with Gasteiger partial charge in [-0.25, -0.2) is 14.5 Å². The van der Waals surface area contributed by atoms with Crippen LogP contribution in [0, 0.1) is 17.0 Å². The van der Waals surface area contributed by atoms with Crippen molar-refractivity contribution in [3.8, 4) is 11.5 Å². The number of fused-ring (bicyclic) bond motifs is 1. The largest absolute Gasteiger partial charge is 0.497 e. The molecule has 12 nitrogen and oxygen atoms in total. The van der Waals surface area contributed by atoms with Crippen LogP contribution in [0.5, 0.6) is 11.5 Å². The van der Waals surface area contributed by atoms with E-state index in [2.05, 4.69) is 20.4 Å². The Morgan fingerprint density at radius 1 is 0.951 bits per heavy atom. The Kier molecular flexibility index (Phi) is 7.72. The van der Waals surface area contributed by atoms with Crippen LogP contribution in [0.15, 0.2) is 79.3 Å². The zero-order chi connectivity index (χ0) is 28.9. The number of ether oxygens (including phenoxy) is 2. The average Bonchev–Trinajstić information content (AvgIpc) is 3.43. The van der Waals surface area contributed by atoms with Crippen LogP contribution in [0.2, 0.25) is 0 Å². The third kappa shape index (κ3) is 5.91.